The molecule has 0 bridgehead atoms. The maximum Gasteiger partial charge on any atom is 0.0863 e. The predicted molar refractivity (Wildman–Crippen MR) is 75.0 cm³/mol. The molecule has 1 fully saturated rings. The van der Waals surface area contributed by atoms with E-state index in [1.165, 1.54) is 5.69 Å². The summed E-state index contributed by atoms with van der Waals surface area (Å²) in [6, 6.07) is 0.556. The van der Waals surface area contributed by atoms with Crippen LogP contribution in [-0.2, 0) is 19.5 Å². The van der Waals surface area contributed by atoms with Gasteiger partial charge in [-0.2, -0.15) is 5.10 Å². The summed E-state index contributed by atoms with van der Waals surface area (Å²) in [6.07, 6.45) is 0.899. The van der Waals surface area contributed by atoms with Crippen molar-refractivity contribution < 1.29 is 0 Å². The van der Waals surface area contributed by atoms with Gasteiger partial charge < -0.3 is 5.32 Å². The lowest BCUT2D eigenvalue weighted by atomic mass is 10.2. The SMILES string of the molecule is CCc1nn(CC)c(CN2CCNC[C@@H]2C)c1Cl. The van der Waals surface area contributed by atoms with E-state index in [1.807, 2.05) is 0 Å². The standard InChI is InChI=1S/C13H23ClN4/c1-4-11-13(14)12(18(5-2)16-11)9-17-7-6-15-8-10(17)3/h10,15H,4-9H2,1-3H3/t10-/m0/s1. The molecular weight excluding hydrogens is 248 g/mol. The average molecular weight is 271 g/mol. The normalized spacial score (nSPS) is 21.4. The van der Waals surface area contributed by atoms with E-state index in [1.54, 1.807) is 0 Å². The van der Waals surface area contributed by atoms with Gasteiger partial charge in [0.15, 0.2) is 0 Å². The minimum atomic E-state index is 0.556. The summed E-state index contributed by atoms with van der Waals surface area (Å²) in [5.41, 5.74) is 2.20. The number of nitrogens with one attached hydrogen (secondary N) is 1. The van der Waals surface area contributed by atoms with E-state index in [2.05, 4.69) is 40.8 Å². The second kappa shape index (κ2) is 6.04. The van der Waals surface area contributed by atoms with E-state index in [0.29, 0.717) is 6.04 Å². The Labute approximate surface area is 114 Å². The molecule has 0 aliphatic carbocycles. The molecule has 5 heteroatoms. The Hall–Kier alpha value is -0.580. The molecule has 0 amide bonds. The maximum atomic E-state index is 6.45. The van der Waals surface area contributed by atoms with Crippen LogP contribution < -0.4 is 5.32 Å². The van der Waals surface area contributed by atoms with Gasteiger partial charge in [-0.3, -0.25) is 9.58 Å². The summed E-state index contributed by atoms with van der Waals surface area (Å²) in [4.78, 5) is 2.48. The van der Waals surface area contributed by atoms with E-state index < -0.39 is 0 Å². The Morgan fingerprint density at radius 3 is 2.83 bits per heavy atom. The third kappa shape index (κ3) is 2.71. The fourth-order valence-corrected chi connectivity index (χ4v) is 2.81. The third-order valence-corrected chi connectivity index (χ3v) is 4.12. The fraction of sp³-hybridized carbons (Fsp3) is 0.769. The summed E-state index contributed by atoms with van der Waals surface area (Å²) < 4.78 is 2.05. The van der Waals surface area contributed by atoms with Crippen molar-refractivity contribution in [2.24, 2.45) is 0 Å². The van der Waals surface area contributed by atoms with Crippen LogP contribution in [0.3, 0.4) is 0 Å². The van der Waals surface area contributed by atoms with Crippen LogP contribution >= 0.6 is 11.6 Å². The van der Waals surface area contributed by atoms with Crippen molar-refractivity contribution in [3.63, 3.8) is 0 Å². The van der Waals surface area contributed by atoms with Gasteiger partial charge in [-0.25, -0.2) is 0 Å². The van der Waals surface area contributed by atoms with Crippen LogP contribution in [0, 0.1) is 0 Å². The highest BCUT2D eigenvalue weighted by molar-refractivity contribution is 6.31. The molecule has 1 aromatic heterocycles. The van der Waals surface area contributed by atoms with Gasteiger partial charge in [0.05, 0.1) is 16.4 Å². The number of aryl methyl sites for hydroxylation is 2. The zero-order chi connectivity index (χ0) is 13.1. The van der Waals surface area contributed by atoms with Crippen molar-refractivity contribution in [2.75, 3.05) is 19.6 Å². The van der Waals surface area contributed by atoms with Crippen molar-refractivity contribution >= 4 is 11.6 Å². The Kier molecular flexibility index (Phi) is 4.65. The van der Waals surface area contributed by atoms with Crippen molar-refractivity contribution in [2.45, 2.75) is 46.3 Å². The first-order valence-corrected chi connectivity index (χ1v) is 7.24. The van der Waals surface area contributed by atoms with E-state index in [4.69, 9.17) is 11.6 Å². The number of nitrogens with zero attached hydrogens (tertiary/aromatic N) is 3. The van der Waals surface area contributed by atoms with Gasteiger partial charge in [-0.15, -0.1) is 0 Å². The largest absolute Gasteiger partial charge is 0.314 e. The van der Waals surface area contributed by atoms with E-state index in [9.17, 15) is 0 Å². The molecule has 1 N–H and O–H groups in total. The number of piperazine rings is 1. The molecule has 0 spiro atoms. The summed E-state index contributed by atoms with van der Waals surface area (Å²) in [5, 5.41) is 8.86. The molecule has 1 saturated heterocycles. The average Bonchev–Trinajstić information content (AvgIpc) is 2.69. The second-order valence-electron chi connectivity index (χ2n) is 4.90. The van der Waals surface area contributed by atoms with Crippen molar-refractivity contribution in [1.82, 2.24) is 20.0 Å². The van der Waals surface area contributed by atoms with Gasteiger partial charge in [0.2, 0.25) is 0 Å². The lowest BCUT2D eigenvalue weighted by Crippen LogP contribution is -2.49. The van der Waals surface area contributed by atoms with E-state index >= 15 is 0 Å². The molecule has 0 aromatic carbocycles. The molecule has 0 saturated carbocycles. The van der Waals surface area contributed by atoms with Crippen LogP contribution in [0.1, 0.15) is 32.2 Å². The predicted octanol–water partition coefficient (Wildman–Crippen LogP) is 1.91. The van der Waals surface area contributed by atoms with Crippen molar-refractivity contribution in [3.05, 3.63) is 16.4 Å². The van der Waals surface area contributed by atoms with E-state index in [0.717, 1.165) is 49.9 Å². The lowest BCUT2D eigenvalue weighted by Gasteiger charge is -2.33. The van der Waals surface area contributed by atoms with Crippen LogP contribution in [0.25, 0.3) is 0 Å². The van der Waals surface area contributed by atoms with Crippen LogP contribution in [0.4, 0.5) is 0 Å². The van der Waals surface area contributed by atoms with Crippen molar-refractivity contribution in [1.29, 1.82) is 0 Å². The number of aromatic nitrogens is 2. The second-order valence-corrected chi connectivity index (χ2v) is 5.28. The fourth-order valence-electron chi connectivity index (χ4n) is 2.48. The van der Waals surface area contributed by atoms with Crippen LogP contribution in [-0.4, -0.2) is 40.4 Å². The molecule has 0 unspecified atom stereocenters. The van der Waals surface area contributed by atoms with E-state index in [-0.39, 0.29) is 0 Å². The van der Waals surface area contributed by atoms with Gasteiger partial charge >= 0.3 is 0 Å². The molecule has 2 rings (SSSR count). The first-order chi connectivity index (χ1) is 8.67. The maximum absolute atomic E-state index is 6.45. The molecule has 1 aromatic rings. The molecule has 18 heavy (non-hydrogen) atoms. The molecule has 0 radical (unpaired) electrons. The zero-order valence-electron chi connectivity index (χ0n) is 11.5. The first kappa shape index (κ1) is 13.8. The monoisotopic (exact) mass is 270 g/mol. The smallest absolute Gasteiger partial charge is 0.0863 e. The lowest BCUT2D eigenvalue weighted by molar-refractivity contribution is 0.161. The first-order valence-electron chi connectivity index (χ1n) is 6.86. The van der Waals surface area contributed by atoms with Crippen LogP contribution in [0.2, 0.25) is 5.02 Å². The number of rotatable bonds is 4. The third-order valence-electron chi connectivity index (χ3n) is 3.69. The summed E-state index contributed by atoms with van der Waals surface area (Å²) >= 11 is 6.45. The molecule has 1 aliphatic heterocycles. The molecule has 1 atom stereocenters. The van der Waals surface area contributed by atoms with Crippen LogP contribution in [0.5, 0.6) is 0 Å². The Morgan fingerprint density at radius 2 is 2.22 bits per heavy atom. The van der Waals surface area contributed by atoms with Gasteiger partial charge in [0.25, 0.3) is 0 Å². The molecule has 4 nitrogen and oxygen atoms in total. The Morgan fingerprint density at radius 1 is 1.44 bits per heavy atom. The molecule has 102 valence electrons. The number of hydrogen-bond donors (Lipinski definition) is 1. The van der Waals surface area contributed by atoms with Gasteiger partial charge in [-0.1, -0.05) is 18.5 Å². The molecule has 1 aliphatic rings. The number of hydrogen-bond acceptors (Lipinski definition) is 3. The summed E-state index contributed by atoms with van der Waals surface area (Å²) in [7, 11) is 0. The Bertz CT molecular complexity index is 402. The Balaban J connectivity index is 2.19. The number of halogens is 1. The summed E-state index contributed by atoms with van der Waals surface area (Å²) in [6.45, 7) is 11.5. The van der Waals surface area contributed by atoms with Gasteiger partial charge in [-0.05, 0) is 20.3 Å². The zero-order valence-corrected chi connectivity index (χ0v) is 12.3. The minimum Gasteiger partial charge on any atom is -0.314 e. The highest BCUT2D eigenvalue weighted by Gasteiger charge is 2.22. The van der Waals surface area contributed by atoms with Crippen LogP contribution in [0.15, 0.2) is 0 Å². The van der Waals surface area contributed by atoms with Crippen molar-refractivity contribution in [3.8, 4) is 0 Å². The highest BCUT2D eigenvalue weighted by Crippen LogP contribution is 2.24. The topological polar surface area (TPSA) is 33.1 Å². The molecular formula is C13H23ClN4. The quantitative estimate of drug-likeness (QED) is 0.907. The minimum absolute atomic E-state index is 0.556. The highest BCUT2D eigenvalue weighted by atomic mass is 35.5. The summed E-state index contributed by atoms with van der Waals surface area (Å²) in [5.74, 6) is 0. The van der Waals surface area contributed by atoms with Gasteiger partial charge in [0, 0.05) is 38.8 Å². The van der Waals surface area contributed by atoms with Gasteiger partial charge in [0.1, 0.15) is 0 Å². The molecule has 2 heterocycles.